The van der Waals surface area contributed by atoms with E-state index >= 15 is 0 Å². The molecule has 3 heteroatoms. The van der Waals surface area contributed by atoms with E-state index in [-0.39, 0.29) is 0 Å². The van der Waals surface area contributed by atoms with Crippen molar-refractivity contribution in [3.63, 3.8) is 0 Å². The molecular weight excluding hydrogens is 316 g/mol. The summed E-state index contributed by atoms with van der Waals surface area (Å²) in [5.41, 5.74) is 3.24. The molecule has 3 atom stereocenters. The van der Waals surface area contributed by atoms with Crippen molar-refractivity contribution in [3.8, 4) is 6.07 Å². The van der Waals surface area contributed by atoms with E-state index in [1.54, 1.807) is 0 Å². The zero-order chi connectivity index (χ0) is 17.0. The van der Waals surface area contributed by atoms with Crippen LogP contribution < -0.4 is 0 Å². The molecule has 1 saturated heterocycles. The van der Waals surface area contributed by atoms with E-state index in [1.165, 1.54) is 11.1 Å². The zero-order valence-electron chi connectivity index (χ0n) is 14.1. The molecule has 0 saturated carbocycles. The molecule has 0 amide bonds. The van der Waals surface area contributed by atoms with E-state index in [0.29, 0.717) is 18.3 Å². The van der Waals surface area contributed by atoms with Crippen molar-refractivity contribution in [2.75, 3.05) is 12.4 Å². The molecule has 0 spiro atoms. The molecule has 2 aromatic carbocycles. The Bertz CT molecular complexity index is 705. The monoisotopic (exact) mass is 338 g/mol. The van der Waals surface area contributed by atoms with E-state index in [2.05, 4.69) is 54.3 Å². The van der Waals surface area contributed by atoms with Crippen LogP contribution in [0, 0.1) is 18.3 Å². The van der Waals surface area contributed by atoms with Gasteiger partial charge < -0.3 is 0 Å². The van der Waals surface area contributed by atoms with Crippen molar-refractivity contribution >= 4 is 11.6 Å². The average molecular weight is 339 g/mol. The van der Waals surface area contributed by atoms with Gasteiger partial charge in [-0.15, -0.1) is 11.6 Å². The molecule has 1 unspecified atom stereocenters. The fraction of sp³-hybridized carbons (Fsp3) is 0.381. The Labute approximate surface area is 149 Å². The second kappa shape index (κ2) is 7.38. The molecule has 124 valence electrons. The van der Waals surface area contributed by atoms with Crippen molar-refractivity contribution in [2.45, 2.75) is 37.8 Å². The quantitative estimate of drug-likeness (QED) is 0.542. The fourth-order valence-corrected chi connectivity index (χ4v) is 3.71. The lowest BCUT2D eigenvalue weighted by Crippen LogP contribution is -2.28. The van der Waals surface area contributed by atoms with Crippen LogP contribution in [-0.4, -0.2) is 23.4 Å². The number of nitrogens with zero attached hydrogens (tertiary/aromatic N) is 2. The Kier molecular flexibility index (Phi) is 5.23. The summed E-state index contributed by atoms with van der Waals surface area (Å²) in [7, 11) is 0. The Morgan fingerprint density at radius 3 is 2.50 bits per heavy atom. The van der Waals surface area contributed by atoms with Gasteiger partial charge in [0.15, 0.2) is 0 Å². The number of aryl methyl sites for hydroxylation is 1. The summed E-state index contributed by atoms with van der Waals surface area (Å²) in [5, 5.41) is 9.92. The van der Waals surface area contributed by atoms with E-state index in [1.807, 2.05) is 18.2 Å². The highest BCUT2D eigenvalue weighted by molar-refractivity contribution is 6.17. The highest BCUT2D eigenvalue weighted by atomic mass is 35.5. The number of hydrogen-bond donors (Lipinski definition) is 0. The Balaban J connectivity index is 1.69. The topological polar surface area (TPSA) is 26.8 Å². The SMILES string of the molecule is Cc1ccc(CN2C[C@H]2C[C@@](C#N)(CCCl)c2ccccc2)cc1. The van der Waals surface area contributed by atoms with Crippen LogP contribution in [0.25, 0.3) is 0 Å². The second-order valence-corrected chi connectivity index (χ2v) is 7.15. The van der Waals surface area contributed by atoms with Gasteiger partial charge in [-0.25, -0.2) is 0 Å². The number of rotatable bonds is 7. The summed E-state index contributed by atoms with van der Waals surface area (Å²) < 4.78 is 0. The molecule has 0 aliphatic carbocycles. The van der Waals surface area contributed by atoms with Gasteiger partial charge >= 0.3 is 0 Å². The molecule has 1 aliphatic rings. The number of nitriles is 1. The average Bonchev–Trinajstić information content (AvgIpc) is 3.34. The van der Waals surface area contributed by atoms with Crippen molar-refractivity contribution in [2.24, 2.45) is 0 Å². The number of alkyl halides is 1. The smallest absolute Gasteiger partial charge is 0.0849 e. The number of benzene rings is 2. The van der Waals surface area contributed by atoms with E-state index in [0.717, 1.165) is 25.1 Å². The van der Waals surface area contributed by atoms with E-state index in [9.17, 15) is 5.26 Å². The zero-order valence-corrected chi connectivity index (χ0v) is 14.8. The highest BCUT2D eigenvalue weighted by Crippen LogP contribution is 2.38. The second-order valence-electron chi connectivity index (χ2n) is 6.77. The highest BCUT2D eigenvalue weighted by Gasteiger charge is 2.43. The number of halogens is 1. The lowest BCUT2D eigenvalue weighted by atomic mass is 9.75. The van der Waals surface area contributed by atoms with E-state index in [4.69, 9.17) is 11.6 Å². The maximum absolute atomic E-state index is 9.92. The van der Waals surface area contributed by atoms with Gasteiger partial charge in [0.1, 0.15) is 0 Å². The Morgan fingerprint density at radius 1 is 1.17 bits per heavy atom. The summed E-state index contributed by atoms with van der Waals surface area (Å²) in [5.74, 6) is 0.507. The molecule has 0 bridgehead atoms. The summed E-state index contributed by atoms with van der Waals surface area (Å²) in [4.78, 5) is 2.44. The van der Waals surface area contributed by atoms with Crippen LogP contribution in [0.4, 0.5) is 0 Å². The molecule has 1 fully saturated rings. The lowest BCUT2D eigenvalue weighted by Gasteiger charge is -2.26. The van der Waals surface area contributed by atoms with Crippen molar-refractivity contribution in [1.29, 1.82) is 5.26 Å². The minimum absolute atomic E-state index is 0.467. The molecule has 0 radical (unpaired) electrons. The van der Waals surface area contributed by atoms with Crippen molar-refractivity contribution < 1.29 is 0 Å². The molecule has 2 aromatic rings. The van der Waals surface area contributed by atoms with Crippen molar-refractivity contribution in [1.82, 2.24) is 4.90 Å². The predicted octanol–water partition coefficient (Wildman–Crippen LogP) is 4.66. The van der Waals surface area contributed by atoms with Crippen molar-refractivity contribution in [3.05, 3.63) is 71.3 Å². The Morgan fingerprint density at radius 2 is 1.88 bits per heavy atom. The van der Waals surface area contributed by atoms with Gasteiger partial charge in [-0.3, -0.25) is 4.90 Å². The van der Waals surface area contributed by atoms with Crippen LogP contribution in [-0.2, 0) is 12.0 Å². The van der Waals surface area contributed by atoms with Crippen LogP contribution in [0.3, 0.4) is 0 Å². The fourth-order valence-electron chi connectivity index (χ4n) is 3.39. The molecule has 0 N–H and O–H groups in total. The first-order chi connectivity index (χ1) is 11.7. The molecule has 24 heavy (non-hydrogen) atoms. The first-order valence-electron chi connectivity index (χ1n) is 8.49. The van der Waals surface area contributed by atoms with Gasteiger partial charge in [0, 0.05) is 25.0 Å². The molecule has 0 aromatic heterocycles. The molecule has 3 rings (SSSR count). The molecule has 1 heterocycles. The van der Waals surface area contributed by atoms with Crippen LogP contribution in [0.1, 0.15) is 29.5 Å². The van der Waals surface area contributed by atoms with Crippen LogP contribution in [0.15, 0.2) is 54.6 Å². The summed E-state index contributed by atoms with van der Waals surface area (Å²) in [6, 6.07) is 21.9. The first-order valence-corrected chi connectivity index (χ1v) is 9.03. The first kappa shape index (κ1) is 17.0. The minimum Gasteiger partial charge on any atom is -0.293 e. The molecule has 2 nitrogen and oxygen atoms in total. The maximum atomic E-state index is 9.92. The lowest BCUT2D eigenvalue weighted by molar-refractivity contribution is 0.413. The van der Waals surface area contributed by atoms with E-state index < -0.39 is 5.41 Å². The van der Waals surface area contributed by atoms with Crippen LogP contribution >= 0.6 is 11.6 Å². The number of hydrogen-bond acceptors (Lipinski definition) is 2. The van der Waals surface area contributed by atoms with Crippen LogP contribution in [0.2, 0.25) is 0 Å². The molecular formula is C21H23ClN2. The van der Waals surface area contributed by atoms with Gasteiger partial charge in [0.05, 0.1) is 11.5 Å². The standard InChI is InChI=1S/C21H23ClN2/c1-17-7-9-18(10-8-17)14-24-15-20(24)13-21(16-23,11-12-22)19-5-3-2-4-6-19/h2-10,20H,11-15H2,1H3/t20-,21-,24?/m1/s1. The summed E-state index contributed by atoms with van der Waals surface area (Å²) >= 11 is 6.03. The van der Waals surface area contributed by atoms with Gasteiger partial charge in [-0.05, 0) is 30.9 Å². The third-order valence-electron chi connectivity index (χ3n) is 4.98. The summed E-state index contributed by atoms with van der Waals surface area (Å²) in [6.07, 6.45) is 1.55. The maximum Gasteiger partial charge on any atom is 0.0849 e. The minimum atomic E-state index is -0.476. The summed E-state index contributed by atoms with van der Waals surface area (Å²) in [6.45, 7) is 4.13. The third kappa shape index (κ3) is 3.80. The molecule has 1 aliphatic heterocycles. The third-order valence-corrected chi connectivity index (χ3v) is 5.17. The van der Waals surface area contributed by atoms with Gasteiger partial charge in [-0.2, -0.15) is 5.26 Å². The predicted molar refractivity (Wildman–Crippen MR) is 99.1 cm³/mol. The van der Waals surface area contributed by atoms with Gasteiger partial charge in [0.2, 0.25) is 0 Å². The van der Waals surface area contributed by atoms with Crippen LogP contribution in [0.5, 0.6) is 0 Å². The Hall–Kier alpha value is -1.82. The van der Waals surface area contributed by atoms with Gasteiger partial charge in [0.25, 0.3) is 0 Å². The van der Waals surface area contributed by atoms with Gasteiger partial charge in [-0.1, -0.05) is 60.2 Å². The normalized spacial score (nSPS) is 21.7. The largest absolute Gasteiger partial charge is 0.293 e.